The van der Waals surface area contributed by atoms with Gasteiger partial charge in [-0.05, 0) is 82.9 Å². The van der Waals surface area contributed by atoms with E-state index in [1.165, 1.54) is 58.3 Å². The molecule has 0 radical (unpaired) electrons. The molecule has 2 saturated heterocycles. The summed E-state index contributed by atoms with van der Waals surface area (Å²) in [6.45, 7) is 6.87. The van der Waals surface area contributed by atoms with E-state index in [9.17, 15) is 4.79 Å². The van der Waals surface area contributed by atoms with E-state index in [4.69, 9.17) is 0 Å². The van der Waals surface area contributed by atoms with Crippen LogP contribution >= 0.6 is 0 Å². The Morgan fingerprint density at radius 3 is 2.57 bits per heavy atom. The van der Waals surface area contributed by atoms with E-state index in [0.717, 1.165) is 43.1 Å². The van der Waals surface area contributed by atoms with Gasteiger partial charge in [-0.25, -0.2) is 0 Å². The zero-order valence-electron chi connectivity index (χ0n) is 18.3. The maximum Gasteiger partial charge on any atom is 0.251 e. The van der Waals surface area contributed by atoms with E-state index < -0.39 is 0 Å². The van der Waals surface area contributed by atoms with Gasteiger partial charge in [0.15, 0.2) is 0 Å². The Bertz CT molecular complexity index is 742. The Kier molecular flexibility index (Phi) is 7.76. The molecule has 1 unspecified atom stereocenters. The lowest BCUT2D eigenvalue weighted by atomic mass is 9.89. The summed E-state index contributed by atoms with van der Waals surface area (Å²) in [7, 11) is 0. The minimum atomic E-state index is 0.0670. The van der Waals surface area contributed by atoms with Gasteiger partial charge in [-0.1, -0.05) is 48.9 Å². The summed E-state index contributed by atoms with van der Waals surface area (Å²) in [5, 5.41) is 3.16. The maximum absolute atomic E-state index is 12.8. The smallest absolute Gasteiger partial charge is 0.251 e. The Morgan fingerprint density at radius 2 is 1.80 bits per heavy atom. The minimum Gasteiger partial charge on any atom is -0.352 e. The zero-order chi connectivity index (χ0) is 20.6. The van der Waals surface area contributed by atoms with Gasteiger partial charge in [0.1, 0.15) is 0 Å². The summed E-state index contributed by atoms with van der Waals surface area (Å²) in [5.41, 5.74) is 1.96. The van der Waals surface area contributed by atoms with Crippen molar-refractivity contribution >= 4 is 5.91 Å². The highest BCUT2D eigenvalue weighted by Gasteiger charge is 2.25. The first-order valence-electron chi connectivity index (χ1n) is 12.0. The molecule has 1 aromatic carbocycles. The van der Waals surface area contributed by atoms with Crippen molar-refractivity contribution in [2.45, 2.75) is 56.9 Å². The molecule has 0 aromatic heterocycles. The summed E-state index contributed by atoms with van der Waals surface area (Å²) in [6, 6.07) is 8.86. The standard InChI is InChI=1S/C26H37N3O/c30-26(25-13-6-5-12-24(25)22-10-3-1-4-11-22)27-16-9-17-28-20-14-23(15-21-28)29-18-7-2-8-19-29/h1,3-6,10,12-13,22-23H,2,7-9,11,14-21H2,(H,27,30). The minimum absolute atomic E-state index is 0.0670. The molecule has 2 fully saturated rings. The fourth-order valence-corrected chi connectivity index (χ4v) is 5.23. The highest BCUT2D eigenvalue weighted by Crippen LogP contribution is 2.27. The Morgan fingerprint density at radius 1 is 1.00 bits per heavy atom. The molecular formula is C26H37N3O. The molecule has 1 amide bonds. The van der Waals surface area contributed by atoms with E-state index >= 15 is 0 Å². The van der Waals surface area contributed by atoms with Crippen molar-refractivity contribution in [2.75, 3.05) is 39.3 Å². The number of hydrogen-bond donors (Lipinski definition) is 1. The molecule has 1 N–H and O–H groups in total. The normalized spacial score (nSPS) is 23.5. The van der Waals surface area contributed by atoms with Crippen LogP contribution in [0.15, 0.2) is 48.6 Å². The summed E-state index contributed by atoms with van der Waals surface area (Å²) in [4.78, 5) is 18.1. The number of nitrogens with one attached hydrogen (secondary N) is 1. The van der Waals surface area contributed by atoms with Crippen LogP contribution in [-0.2, 0) is 0 Å². The fraction of sp³-hybridized carbons (Fsp3) is 0.577. The van der Waals surface area contributed by atoms with Crippen LogP contribution in [0, 0.1) is 0 Å². The van der Waals surface area contributed by atoms with Gasteiger partial charge in [0.05, 0.1) is 0 Å². The third-order valence-electron chi connectivity index (χ3n) is 6.99. The first-order chi connectivity index (χ1) is 14.8. The topological polar surface area (TPSA) is 35.6 Å². The Balaban J connectivity index is 1.18. The van der Waals surface area contributed by atoms with Crippen LogP contribution in [0.2, 0.25) is 0 Å². The highest BCUT2D eigenvalue weighted by atomic mass is 16.1. The summed E-state index contributed by atoms with van der Waals surface area (Å²) < 4.78 is 0. The quantitative estimate of drug-likeness (QED) is 0.682. The van der Waals surface area contributed by atoms with Gasteiger partial charge < -0.3 is 15.1 Å². The van der Waals surface area contributed by atoms with Crippen molar-refractivity contribution in [3.63, 3.8) is 0 Å². The molecule has 30 heavy (non-hydrogen) atoms. The molecule has 162 valence electrons. The van der Waals surface area contributed by atoms with Gasteiger partial charge in [-0.2, -0.15) is 0 Å². The number of benzene rings is 1. The van der Waals surface area contributed by atoms with Gasteiger partial charge in [0.2, 0.25) is 0 Å². The number of allylic oxidation sites excluding steroid dienone is 4. The van der Waals surface area contributed by atoms with Crippen molar-refractivity contribution < 1.29 is 4.79 Å². The third kappa shape index (κ3) is 5.61. The first kappa shape index (κ1) is 21.3. The lowest BCUT2D eigenvalue weighted by Gasteiger charge is -2.40. The van der Waals surface area contributed by atoms with Crippen molar-refractivity contribution in [3.8, 4) is 0 Å². The van der Waals surface area contributed by atoms with Crippen molar-refractivity contribution in [1.29, 1.82) is 0 Å². The van der Waals surface area contributed by atoms with Crippen molar-refractivity contribution in [3.05, 3.63) is 59.7 Å². The number of hydrogen-bond acceptors (Lipinski definition) is 3. The molecule has 1 atom stereocenters. The van der Waals surface area contributed by atoms with Gasteiger partial charge in [0, 0.05) is 24.1 Å². The molecule has 0 saturated carbocycles. The summed E-state index contributed by atoms with van der Waals surface area (Å²) in [6.07, 6.45) is 17.3. The average molecular weight is 408 g/mol. The number of likely N-dealkylation sites (tertiary alicyclic amines) is 2. The van der Waals surface area contributed by atoms with Gasteiger partial charge in [0.25, 0.3) is 5.91 Å². The molecule has 4 rings (SSSR count). The Labute approximate surface area is 182 Å². The number of piperidine rings is 2. The zero-order valence-corrected chi connectivity index (χ0v) is 18.3. The predicted molar refractivity (Wildman–Crippen MR) is 124 cm³/mol. The van der Waals surface area contributed by atoms with Gasteiger partial charge in [-0.3, -0.25) is 4.79 Å². The monoisotopic (exact) mass is 407 g/mol. The first-order valence-corrected chi connectivity index (χ1v) is 12.0. The van der Waals surface area contributed by atoms with E-state index in [2.05, 4.69) is 45.5 Å². The molecule has 3 aliphatic rings. The van der Waals surface area contributed by atoms with Crippen LogP contribution < -0.4 is 5.32 Å². The second-order valence-corrected chi connectivity index (χ2v) is 9.02. The number of amides is 1. The second kappa shape index (κ2) is 10.9. The molecule has 4 heteroatoms. The maximum atomic E-state index is 12.8. The van der Waals surface area contributed by atoms with E-state index in [1.807, 2.05) is 18.2 Å². The van der Waals surface area contributed by atoms with Gasteiger partial charge in [-0.15, -0.1) is 0 Å². The molecule has 0 spiro atoms. The van der Waals surface area contributed by atoms with Crippen molar-refractivity contribution in [2.24, 2.45) is 0 Å². The van der Waals surface area contributed by atoms with Crippen LogP contribution in [0.5, 0.6) is 0 Å². The van der Waals surface area contributed by atoms with Gasteiger partial charge >= 0.3 is 0 Å². The molecule has 1 aliphatic carbocycles. The van der Waals surface area contributed by atoms with Crippen LogP contribution in [0.25, 0.3) is 0 Å². The molecule has 0 bridgehead atoms. The SMILES string of the molecule is O=C(NCCCN1CCC(N2CCCCC2)CC1)c1ccccc1C1C=CC=CC1. The number of carbonyl (C=O) groups is 1. The molecule has 4 nitrogen and oxygen atoms in total. The van der Waals surface area contributed by atoms with Crippen LogP contribution in [0.1, 0.15) is 66.8 Å². The number of rotatable bonds is 7. The lowest BCUT2D eigenvalue weighted by Crippen LogP contribution is -2.47. The van der Waals surface area contributed by atoms with Crippen LogP contribution in [0.3, 0.4) is 0 Å². The Hall–Kier alpha value is -1.91. The van der Waals surface area contributed by atoms with E-state index in [-0.39, 0.29) is 5.91 Å². The molecule has 1 aromatic rings. The van der Waals surface area contributed by atoms with Crippen LogP contribution in [0.4, 0.5) is 0 Å². The fourth-order valence-electron chi connectivity index (χ4n) is 5.23. The molecule has 2 heterocycles. The summed E-state index contributed by atoms with van der Waals surface area (Å²) >= 11 is 0. The highest BCUT2D eigenvalue weighted by molar-refractivity contribution is 5.96. The number of nitrogens with zero attached hydrogens (tertiary/aromatic N) is 2. The molecular weight excluding hydrogens is 370 g/mol. The van der Waals surface area contributed by atoms with E-state index in [0.29, 0.717) is 5.92 Å². The third-order valence-corrected chi connectivity index (χ3v) is 6.99. The van der Waals surface area contributed by atoms with Crippen molar-refractivity contribution in [1.82, 2.24) is 15.1 Å². The number of carbonyl (C=O) groups excluding carboxylic acids is 1. The predicted octanol–water partition coefficient (Wildman–Crippen LogP) is 4.36. The largest absolute Gasteiger partial charge is 0.352 e. The second-order valence-electron chi connectivity index (χ2n) is 9.02. The average Bonchev–Trinajstić information content (AvgIpc) is 2.83. The lowest BCUT2D eigenvalue weighted by molar-refractivity contribution is 0.0902. The van der Waals surface area contributed by atoms with Crippen LogP contribution in [-0.4, -0.2) is 61.0 Å². The van der Waals surface area contributed by atoms with E-state index in [1.54, 1.807) is 0 Å². The summed E-state index contributed by atoms with van der Waals surface area (Å²) in [5.74, 6) is 0.371. The molecule has 2 aliphatic heterocycles.